The molecule has 0 aliphatic heterocycles. The molecule has 0 fully saturated rings. The maximum Gasteiger partial charge on any atom is 0.306 e. The van der Waals surface area contributed by atoms with E-state index in [0.717, 1.165) is 0 Å². The van der Waals surface area contributed by atoms with Crippen LogP contribution >= 0.6 is 0 Å². The van der Waals surface area contributed by atoms with Crippen molar-refractivity contribution in [2.75, 3.05) is 27.2 Å². The summed E-state index contributed by atoms with van der Waals surface area (Å²) >= 11 is 0. The third kappa shape index (κ3) is 4.61. The minimum Gasteiger partial charge on any atom is -0.469 e. The summed E-state index contributed by atoms with van der Waals surface area (Å²) in [7, 11) is -0.682. The van der Waals surface area contributed by atoms with Crippen molar-refractivity contribution in [3.05, 3.63) is 0 Å². The SMILES string of the molecule is CCN(CCC(=O)OC)S(=O)(=O)N(C)C(C)C. The second-order valence-electron chi connectivity index (χ2n) is 3.94. The van der Waals surface area contributed by atoms with Crippen molar-refractivity contribution in [1.29, 1.82) is 0 Å². The van der Waals surface area contributed by atoms with Crippen molar-refractivity contribution < 1.29 is 17.9 Å². The summed E-state index contributed by atoms with van der Waals surface area (Å²) < 4.78 is 31.3. The predicted octanol–water partition coefficient (Wildman–Crippen LogP) is 0.456. The summed E-state index contributed by atoms with van der Waals surface area (Å²) in [5.41, 5.74) is 0. The van der Waals surface area contributed by atoms with Gasteiger partial charge in [-0.15, -0.1) is 0 Å². The molecule has 0 amide bonds. The number of carbonyl (C=O) groups is 1. The van der Waals surface area contributed by atoms with Crippen LogP contribution in [0.3, 0.4) is 0 Å². The summed E-state index contributed by atoms with van der Waals surface area (Å²) in [5, 5.41) is 0. The highest BCUT2D eigenvalue weighted by molar-refractivity contribution is 7.86. The van der Waals surface area contributed by atoms with Crippen molar-refractivity contribution in [2.24, 2.45) is 0 Å². The summed E-state index contributed by atoms with van der Waals surface area (Å²) in [6.45, 7) is 5.80. The van der Waals surface area contributed by atoms with Crippen LogP contribution in [0, 0.1) is 0 Å². The molecule has 0 aromatic heterocycles. The molecule has 102 valence electrons. The molecule has 0 unspecified atom stereocenters. The van der Waals surface area contributed by atoms with Gasteiger partial charge in [-0.2, -0.15) is 17.0 Å². The zero-order valence-electron chi connectivity index (χ0n) is 11.1. The average molecular weight is 266 g/mol. The Morgan fingerprint density at radius 2 is 1.88 bits per heavy atom. The van der Waals surface area contributed by atoms with E-state index >= 15 is 0 Å². The fourth-order valence-corrected chi connectivity index (χ4v) is 2.75. The minimum atomic E-state index is -3.50. The lowest BCUT2D eigenvalue weighted by Gasteiger charge is -2.28. The molecule has 0 saturated carbocycles. The van der Waals surface area contributed by atoms with E-state index < -0.39 is 16.2 Å². The third-order valence-corrected chi connectivity index (χ3v) is 4.81. The molecule has 0 aliphatic carbocycles. The van der Waals surface area contributed by atoms with Crippen molar-refractivity contribution in [3.8, 4) is 0 Å². The van der Waals surface area contributed by atoms with Gasteiger partial charge in [-0.25, -0.2) is 0 Å². The topological polar surface area (TPSA) is 66.9 Å². The van der Waals surface area contributed by atoms with Crippen LogP contribution in [0.5, 0.6) is 0 Å². The first-order chi connectivity index (χ1) is 7.77. The van der Waals surface area contributed by atoms with Crippen molar-refractivity contribution in [2.45, 2.75) is 33.2 Å². The molecular formula is C10H22N2O4S. The second-order valence-corrected chi connectivity index (χ2v) is 5.92. The fourth-order valence-electron chi connectivity index (χ4n) is 1.20. The van der Waals surface area contributed by atoms with Gasteiger partial charge < -0.3 is 4.74 Å². The first-order valence-electron chi connectivity index (χ1n) is 5.57. The van der Waals surface area contributed by atoms with E-state index in [4.69, 9.17) is 0 Å². The van der Waals surface area contributed by atoms with Crippen LogP contribution in [-0.4, -0.2) is 56.3 Å². The Morgan fingerprint density at radius 3 is 2.24 bits per heavy atom. The lowest BCUT2D eigenvalue weighted by Crippen LogP contribution is -2.45. The zero-order valence-corrected chi connectivity index (χ0v) is 12.0. The summed E-state index contributed by atoms with van der Waals surface area (Å²) in [6.07, 6.45) is 0.0650. The number of esters is 1. The van der Waals surface area contributed by atoms with E-state index in [1.165, 1.54) is 22.8 Å². The van der Waals surface area contributed by atoms with E-state index in [-0.39, 0.29) is 19.0 Å². The van der Waals surface area contributed by atoms with E-state index in [0.29, 0.717) is 6.54 Å². The molecule has 0 bridgehead atoms. The van der Waals surface area contributed by atoms with Gasteiger partial charge in [0.15, 0.2) is 0 Å². The normalized spacial score (nSPS) is 12.5. The molecule has 17 heavy (non-hydrogen) atoms. The Kier molecular flexibility index (Phi) is 6.66. The number of carbonyl (C=O) groups excluding carboxylic acids is 1. The molecule has 0 saturated heterocycles. The lowest BCUT2D eigenvalue weighted by molar-refractivity contribution is -0.140. The van der Waals surface area contributed by atoms with Gasteiger partial charge in [-0.3, -0.25) is 4.79 Å². The van der Waals surface area contributed by atoms with Gasteiger partial charge in [-0.05, 0) is 13.8 Å². The Hall–Kier alpha value is -0.660. The first-order valence-corrected chi connectivity index (χ1v) is 6.97. The number of hydrogen-bond donors (Lipinski definition) is 0. The predicted molar refractivity (Wildman–Crippen MR) is 65.7 cm³/mol. The number of methoxy groups -OCH3 is 1. The molecular weight excluding hydrogens is 244 g/mol. The monoisotopic (exact) mass is 266 g/mol. The number of hydrogen-bond acceptors (Lipinski definition) is 4. The fraction of sp³-hybridized carbons (Fsp3) is 0.900. The molecule has 6 nitrogen and oxygen atoms in total. The van der Waals surface area contributed by atoms with Gasteiger partial charge in [0.25, 0.3) is 10.2 Å². The highest BCUT2D eigenvalue weighted by Crippen LogP contribution is 2.10. The average Bonchev–Trinajstić information content (AvgIpc) is 2.27. The lowest BCUT2D eigenvalue weighted by atomic mass is 10.4. The molecule has 0 radical (unpaired) electrons. The molecule has 0 heterocycles. The molecule has 7 heteroatoms. The van der Waals surface area contributed by atoms with E-state index in [2.05, 4.69) is 4.74 Å². The largest absolute Gasteiger partial charge is 0.469 e. The maximum atomic E-state index is 12.1. The van der Waals surface area contributed by atoms with Crippen molar-refractivity contribution >= 4 is 16.2 Å². The van der Waals surface area contributed by atoms with Crippen LogP contribution in [0.2, 0.25) is 0 Å². The summed E-state index contributed by atoms with van der Waals surface area (Å²) in [6, 6.07) is -0.118. The van der Waals surface area contributed by atoms with Crippen LogP contribution in [0.15, 0.2) is 0 Å². The third-order valence-electron chi connectivity index (χ3n) is 2.56. The van der Waals surface area contributed by atoms with Gasteiger partial charge in [-0.1, -0.05) is 6.92 Å². The highest BCUT2D eigenvalue weighted by atomic mass is 32.2. The van der Waals surface area contributed by atoms with E-state index in [9.17, 15) is 13.2 Å². The summed E-state index contributed by atoms with van der Waals surface area (Å²) in [4.78, 5) is 11.0. The molecule has 0 aliphatic rings. The Bertz CT molecular complexity index is 340. The molecule has 0 aromatic rings. The van der Waals surface area contributed by atoms with Crippen LogP contribution in [0.25, 0.3) is 0 Å². The standard InChI is InChI=1S/C10H22N2O4S/c1-6-12(8-7-10(13)16-5)17(14,15)11(4)9(2)3/h9H,6-8H2,1-5H3. The minimum absolute atomic E-state index is 0.0650. The van der Waals surface area contributed by atoms with Crippen LogP contribution in [0.4, 0.5) is 0 Å². The molecule has 0 spiro atoms. The number of rotatable bonds is 7. The molecule has 0 rings (SSSR count). The quantitative estimate of drug-likeness (QED) is 0.628. The van der Waals surface area contributed by atoms with Gasteiger partial charge in [0.2, 0.25) is 0 Å². The Morgan fingerprint density at radius 1 is 1.35 bits per heavy atom. The number of ether oxygens (including phenoxy) is 1. The van der Waals surface area contributed by atoms with Crippen LogP contribution in [-0.2, 0) is 19.7 Å². The molecule has 0 N–H and O–H groups in total. The number of nitrogens with zero attached hydrogens (tertiary/aromatic N) is 2. The van der Waals surface area contributed by atoms with Crippen molar-refractivity contribution in [1.82, 2.24) is 8.61 Å². The first kappa shape index (κ1) is 16.3. The van der Waals surface area contributed by atoms with Gasteiger partial charge in [0.1, 0.15) is 0 Å². The van der Waals surface area contributed by atoms with Gasteiger partial charge >= 0.3 is 5.97 Å². The smallest absolute Gasteiger partial charge is 0.306 e. The van der Waals surface area contributed by atoms with E-state index in [1.54, 1.807) is 20.8 Å². The molecule has 0 atom stereocenters. The van der Waals surface area contributed by atoms with Crippen LogP contribution < -0.4 is 0 Å². The summed E-state index contributed by atoms with van der Waals surface area (Å²) in [5.74, 6) is -0.411. The van der Waals surface area contributed by atoms with Gasteiger partial charge in [0.05, 0.1) is 13.5 Å². The Labute approximate surface area is 104 Å². The Balaban J connectivity index is 4.70. The van der Waals surface area contributed by atoms with Crippen LogP contribution in [0.1, 0.15) is 27.2 Å². The zero-order chi connectivity index (χ0) is 13.6. The van der Waals surface area contributed by atoms with Gasteiger partial charge in [0, 0.05) is 26.2 Å². The maximum absolute atomic E-state index is 12.1. The second kappa shape index (κ2) is 6.93. The highest BCUT2D eigenvalue weighted by Gasteiger charge is 2.27. The van der Waals surface area contributed by atoms with E-state index in [1.807, 2.05) is 0 Å². The molecule has 0 aromatic carbocycles. The van der Waals surface area contributed by atoms with Crippen molar-refractivity contribution in [3.63, 3.8) is 0 Å².